The van der Waals surface area contributed by atoms with E-state index in [1.807, 2.05) is 66.9 Å². The molecule has 0 fully saturated rings. The first-order valence-corrected chi connectivity index (χ1v) is 10.3. The molecular weight excluding hydrogens is 404 g/mol. The van der Waals surface area contributed by atoms with Gasteiger partial charge in [0, 0.05) is 37.7 Å². The molecule has 0 bridgehead atoms. The number of pyridine rings is 1. The van der Waals surface area contributed by atoms with E-state index in [9.17, 15) is 4.79 Å². The minimum atomic E-state index is -0.110. The minimum absolute atomic E-state index is 0.110. The van der Waals surface area contributed by atoms with Crippen molar-refractivity contribution in [1.82, 2.24) is 19.7 Å². The number of carbonyl (C=O) groups is 1. The number of aromatic nitrogens is 3. The minimum Gasteiger partial charge on any atom is -0.454 e. The average Bonchev–Trinajstić information content (AvgIpc) is 3.46. The standard InChI is InChI=1S/C25H22N4O3/c1-28(14-19-9-10-22-23(12-19)32-17-31-22)25(30)21-16-29(15-18-6-3-2-4-7-18)27-24(21)20-8-5-11-26-13-20/h2-13,16H,14-15,17H2,1H3. The molecule has 0 unspecified atom stereocenters. The van der Waals surface area contributed by atoms with Crippen LogP contribution in [0.4, 0.5) is 0 Å². The van der Waals surface area contributed by atoms with Gasteiger partial charge >= 0.3 is 0 Å². The van der Waals surface area contributed by atoms with Crippen molar-refractivity contribution in [2.75, 3.05) is 13.8 Å². The molecule has 0 saturated carbocycles. The van der Waals surface area contributed by atoms with E-state index in [4.69, 9.17) is 14.6 Å². The molecule has 1 aliphatic rings. The topological polar surface area (TPSA) is 69.5 Å². The number of hydrogen-bond acceptors (Lipinski definition) is 5. The summed E-state index contributed by atoms with van der Waals surface area (Å²) in [6.45, 7) is 1.24. The normalized spacial score (nSPS) is 12.0. The van der Waals surface area contributed by atoms with E-state index in [1.165, 1.54) is 0 Å². The summed E-state index contributed by atoms with van der Waals surface area (Å²) in [6, 6.07) is 19.5. The smallest absolute Gasteiger partial charge is 0.257 e. The van der Waals surface area contributed by atoms with Gasteiger partial charge in [-0.05, 0) is 35.4 Å². The molecule has 3 heterocycles. The van der Waals surface area contributed by atoms with E-state index in [0.717, 1.165) is 22.4 Å². The molecule has 5 rings (SSSR count). The third-order valence-electron chi connectivity index (χ3n) is 5.32. The van der Waals surface area contributed by atoms with E-state index in [2.05, 4.69) is 4.98 Å². The van der Waals surface area contributed by atoms with Crippen LogP contribution in [0.1, 0.15) is 21.5 Å². The van der Waals surface area contributed by atoms with Gasteiger partial charge in [-0.3, -0.25) is 14.5 Å². The molecule has 2 aromatic carbocycles. The molecule has 0 spiro atoms. The van der Waals surface area contributed by atoms with Gasteiger partial charge in [-0.2, -0.15) is 5.10 Å². The fourth-order valence-electron chi connectivity index (χ4n) is 3.74. The van der Waals surface area contributed by atoms with E-state index >= 15 is 0 Å². The van der Waals surface area contributed by atoms with Gasteiger partial charge < -0.3 is 14.4 Å². The monoisotopic (exact) mass is 426 g/mol. The van der Waals surface area contributed by atoms with Crippen LogP contribution in [-0.4, -0.2) is 39.4 Å². The number of benzene rings is 2. The molecule has 0 N–H and O–H groups in total. The van der Waals surface area contributed by atoms with Gasteiger partial charge in [0.1, 0.15) is 5.69 Å². The van der Waals surface area contributed by atoms with Crippen LogP contribution in [0.25, 0.3) is 11.3 Å². The number of amides is 1. The highest BCUT2D eigenvalue weighted by Gasteiger charge is 2.22. The van der Waals surface area contributed by atoms with Crippen molar-refractivity contribution in [2.24, 2.45) is 0 Å². The Morgan fingerprint density at radius 2 is 1.88 bits per heavy atom. The molecule has 0 aliphatic carbocycles. The predicted molar refractivity (Wildman–Crippen MR) is 119 cm³/mol. The zero-order valence-electron chi connectivity index (χ0n) is 17.6. The highest BCUT2D eigenvalue weighted by molar-refractivity contribution is 5.99. The molecule has 1 amide bonds. The largest absolute Gasteiger partial charge is 0.454 e. The summed E-state index contributed by atoms with van der Waals surface area (Å²) in [7, 11) is 1.79. The molecule has 4 aromatic rings. The van der Waals surface area contributed by atoms with Crippen molar-refractivity contribution in [3.63, 3.8) is 0 Å². The van der Waals surface area contributed by atoms with Gasteiger partial charge in [-0.25, -0.2) is 0 Å². The SMILES string of the molecule is CN(Cc1ccc2c(c1)OCO2)C(=O)c1cn(Cc2ccccc2)nc1-c1cccnc1. The van der Waals surface area contributed by atoms with Crippen LogP contribution in [0, 0.1) is 0 Å². The third kappa shape index (κ3) is 4.05. The van der Waals surface area contributed by atoms with E-state index < -0.39 is 0 Å². The van der Waals surface area contributed by atoms with Crippen LogP contribution in [0.3, 0.4) is 0 Å². The number of nitrogens with zero attached hydrogens (tertiary/aromatic N) is 4. The molecule has 160 valence electrons. The summed E-state index contributed by atoms with van der Waals surface area (Å²) in [5.74, 6) is 1.32. The Morgan fingerprint density at radius 1 is 1.03 bits per heavy atom. The van der Waals surface area contributed by atoms with Gasteiger partial charge in [0.2, 0.25) is 6.79 Å². The van der Waals surface area contributed by atoms with Crippen molar-refractivity contribution in [3.05, 3.63) is 95.9 Å². The lowest BCUT2D eigenvalue weighted by atomic mass is 10.1. The molecule has 7 heteroatoms. The van der Waals surface area contributed by atoms with Crippen LogP contribution in [0.15, 0.2) is 79.3 Å². The van der Waals surface area contributed by atoms with Gasteiger partial charge in [-0.1, -0.05) is 36.4 Å². The summed E-state index contributed by atoms with van der Waals surface area (Å²) in [4.78, 5) is 19.3. The first kappa shape index (κ1) is 19.8. The summed E-state index contributed by atoms with van der Waals surface area (Å²) in [5.41, 5.74) is 4.04. The number of rotatable bonds is 6. The van der Waals surface area contributed by atoms with Crippen LogP contribution in [0.2, 0.25) is 0 Å². The highest BCUT2D eigenvalue weighted by Crippen LogP contribution is 2.33. The summed E-state index contributed by atoms with van der Waals surface area (Å²) in [5, 5.41) is 4.73. The van der Waals surface area contributed by atoms with Gasteiger partial charge in [0.05, 0.1) is 12.1 Å². The Hall–Kier alpha value is -4.13. The second-order valence-corrected chi connectivity index (χ2v) is 7.67. The number of fused-ring (bicyclic) bond motifs is 1. The molecule has 2 aromatic heterocycles. The Balaban J connectivity index is 1.43. The van der Waals surface area contributed by atoms with Crippen molar-refractivity contribution in [1.29, 1.82) is 0 Å². The quantitative estimate of drug-likeness (QED) is 0.466. The van der Waals surface area contributed by atoms with Crippen LogP contribution >= 0.6 is 0 Å². The van der Waals surface area contributed by atoms with E-state index in [1.54, 1.807) is 29.0 Å². The lowest BCUT2D eigenvalue weighted by molar-refractivity contribution is 0.0785. The van der Waals surface area contributed by atoms with E-state index in [0.29, 0.717) is 30.1 Å². The van der Waals surface area contributed by atoms with E-state index in [-0.39, 0.29) is 12.7 Å². The van der Waals surface area contributed by atoms with Crippen LogP contribution < -0.4 is 9.47 Å². The second kappa shape index (κ2) is 8.55. The van der Waals surface area contributed by atoms with Crippen molar-refractivity contribution < 1.29 is 14.3 Å². The molecule has 32 heavy (non-hydrogen) atoms. The lowest BCUT2D eigenvalue weighted by Crippen LogP contribution is -2.26. The average molecular weight is 426 g/mol. The summed E-state index contributed by atoms with van der Waals surface area (Å²) < 4.78 is 12.6. The zero-order chi connectivity index (χ0) is 21.9. The maximum atomic E-state index is 13.4. The summed E-state index contributed by atoms with van der Waals surface area (Å²) >= 11 is 0. The van der Waals surface area contributed by atoms with Gasteiger partial charge in [0.15, 0.2) is 11.5 Å². The van der Waals surface area contributed by atoms with Crippen molar-refractivity contribution in [2.45, 2.75) is 13.1 Å². The Bertz CT molecular complexity index is 1240. The number of ether oxygens (including phenoxy) is 2. The molecule has 0 atom stereocenters. The molecule has 1 aliphatic heterocycles. The molecular formula is C25H22N4O3. The first-order chi connectivity index (χ1) is 15.7. The van der Waals surface area contributed by atoms with Crippen molar-refractivity contribution in [3.8, 4) is 22.8 Å². The maximum Gasteiger partial charge on any atom is 0.257 e. The third-order valence-corrected chi connectivity index (χ3v) is 5.32. The molecule has 0 saturated heterocycles. The zero-order valence-corrected chi connectivity index (χ0v) is 17.6. The van der Waals surface area contributed by atoms with Crippen LogP contribution in [-0.2, 0) is 13.1 Å². The number of carbonyl (C=O) groups excluding carboxylic acids is 1. The highest BCUT2D eigenvalue weighted by atomic mass is 16.7. The summed E-state index contributed by atoms with van der Waals surface area (Å²) in [6.07, 6.45) is 5.25. The van der Waals surface area contributed by atoms with Crippen molar-refractivity contribution >= 4 is 5.91 Å². The molecule has 0 radical (unpaired) electrons. The Kier molecular flexibility index (Phi) is 5.29. The Labute approximate surface area is 185 Å². The van der Waals surface area contributed by atoms with Crippen LogP contribution in [0.5, 0.6) is 11.5 Å². The fraction of sp³-hybridized carbons (Fsp3) is 0.160. The Morgan fingerprint density at radius 3 is 2.69 bits per heavy atom. The first-order valence-electron chi connectivity index (χ1n) is 10.3. The second-order valence-electron chi connectivity index (χ2n) is 7.67. The van der Waals surface area contributed by atoms with Gasteiger partial charge in [-0.15, -0.1) is 0 Å². The fourth-order valence-corrected chi connectivity index (χ4v) is 3.74. The van der Waals surface area contributed by atoms with Gasteiger partial charge in [0.25, 0.3) is 5.91 Å². The lowest BCUT2D eigenvalue weighted by Gasteiger charge is -2.17. The molecule has 7 nitrogen and oxygen atoms in total. The predicted octanol–water partition coefficient (Wildman–Crippen LogP) is 3.99. The number of hydrogen-bond donors (Lipinski definition) is 0. The maximum absolute atomic E-state index is 13.4.